The molecule has 2 unspecified atom stereocenters. The highest BCUT2D eigenvalue weighted by atomic mass is 32.2. The van der Waals surface area contributed by atoms with Crippen LogP contribution in [-0.2, 0) is 16.6 Å². The molecule has 1 aromatic carbocycles. The Balaban J connectivity index is 2.88. The summed E-state index contributed by atoms with van der Waals surface area (Å²) in [6.07, 6.45) is 1.66. The molecule has 114 valence electrons. The van der Waals surface area contributed by atoms with Crippen molar-refractivity contribution >= 4 is 10.0 Å². The molecule has 2 atom stereocenters. The van der Waals surface area contributed by atoms with E-state index < -0.39 is 15.8 Å². The fraction of sp³-hybridized carbons (Fsp3) is 0.571. The van der Waals surface area contributed by atoms with E-state index >= 15 is 0 Å². The second kappa shape index (κ2) is 7.15. The highest BCUT2D eigenvalue weighted by Gasteiger charge is 2.22. The van der Waals surface area contributed by atoms with E-state index in [-0.39, 0.29) is 17.5 Å². The molecule has 1 rings (SSSR count). The van der Waals surface area contributed by atoms with E-state index in [0.717, 1.165) is 12.5 Å². The first-order chi connectivity index (χ1) is 9.30. The molecule has 0 aliphatic carbocycles. The lowest BCUT2D eigenvalue weighted by Crippen LogP contribution is -2.34. The molecule has 0 saturated carbocycles. The van der Waals surface area contributed by atoms with Crippen LogP contribution in [0.2, 0.25) is 0 Å². The molecular formula is C14H22FNO3S. The highest BCUT2D eigenvalue weighted by molar-refractivity contribution is 7.89. The van der Waals surface area contributed by atoms with E-state index in [2.05, 4.69) is 4.72 Å². The number of aliphatic hydroxyl groups is 1. The quantitative estimate of drug-likeness (QED) is 0.813. The van der Waals surface area contributed by atoms with E-state index in [4.69, 9.17) is 5.11 Å². The van der Waals surface area contributed by atoms with Crippen molar-refractivity contribution in [2.45, 2.75) is 51.2 Å². The van der Waals surface area contributed by atoms with Crippen molar-refractivity contribution in [3.63, 3.8) is 0 Å². The number of nitrogens with one attached hydrogen (secondary N) is 1. The fourth-order valence-electron chi connectivity index (χ4n) is 2.01. The minimum absolute atomic E-state index is 0.258. The second-order valence-electron chi connectivity index (χ2n) is 5.19. The molecule has 0 aliphatic heterocycles. The van der Waals surface area contributed by atoms with E-state index in [1.54, 1.807) is 6.92 Å². The predicted octanol–water partition coefficient (Wildman–Crippen LogP) is 2.42. The smallest absolute Gasteiger partial charge is 0.243 e. The monoisotopic (exact) mass is 303 g/mol. The van der Waals surface area contributed by atoms with E-state index in [1.165, 1.54) is 12.1 Å². The van der Waals surface area contributed by atoms with Gasteiger partial charge in [0.2, 0.25) is 10.0 Å². The molecule has 0 saturated heterocycles. The van der Waals surface area contributed by atoms with Gasteiger partial charge in [0.25, 0.3) is 0 Å². The van der Waals surface area contributed by atoms with Crippen molar-refractivity contribution in [2.75, 3.05) is 0 Å². The zero-order valence-electron chi connectivity index (χ0n) is 12.1. The molecule has 0 spiro atoms. The van der Waals surface area contributed by atoms with Crippen molar-refractivity contribution in [3.8, 4) is 0 Å². The third kappa shape index (κ3) is 4.54. The summed E-state index contributed by atoms with van der Waals surface area (Å²) in [5, 5.41) is 8.90. The van der Waals surface area contributed by atoms with Crippen molar-refractivity contribution in [1.29, 1.82) is 0 Å². The Kier molecular flexibility index (Phi) is 6.10. The number of aliphatic hydroxyl groups excluding tert-OH is 1. The number of sulfonamides is 1. The van der Waals surface area contributed by atoms with Gasteiger partial charge < -0.3 is 5.11 Å². The average Bonchev–Trinajstić information content (AvgIpc) is 2.37. The van der Waals surface area contributed by atoms with Gasteiger partial charge in [-0.1, -0.05) is 26.3 Å². The SMILES string of the molecule is CCC(C)CC(C)NS(=O)(=O)c1ccc(CO)cc1F. The number of hydrogen-bond donors (Lipinski definition) is 2. The van der Waals surface area contributed by atoms with Crippen LogP contribution in [0.4, 0.5) is 4.39 Å². The Morgan fingerprint density at radius 1 is 1.35 bits per heavy atom. The molecule has 0 heterocycles. The van der Waals surface area contributed by atoms with Gasteiger partial charge >= 0.3 is 0 Å². The number of rotatable bonds is 7. The Morgan fingerprint density at radius 2 is 2.00 bits per heavy atom. The average molecular weight is 303 g/mol. The highest BCUT2D eigenvalue weighted by Crippen LogP contribution is 2.18. The molecule has 20 heavy (non-hydrogen) atoms. The van der Waals surface area contributed by atoms with Crippen LogP contribution in [0.5, 0.6) is 0 Å². The molecule has 0 amide bonds. The normalized spacial score (nSPS) is 15.1. The number of hydrogen-bond acceptors (Lipinski definition) is 3. The Morgan fingerprint density at radius 3 is 2.50 bits per heavy atom. The van der Waals surface area contributed by atoms with Crippen LogP contribution in [0.25, 0.3) is 0 Å². The molecule has 1 aromatic rings. The minimum atomic E-state index is -3.88. The summed E-state index contributed by atoms with van der Waals surface area (Å²) in [5.41, 5.74) is 0.342. The first kappa shape index (κ1) is 17.1. The molecule has 0 aliphatic rings. The fourth-order valence-corrected chi connectivity index (χ4v) is 3.32. The molecule has 6 heteroatoms. The molecule has 0 bridgehead atoms. The van der Waals surface area contributed by atoms with Crippen LogP contribution in [0.3, 0.4) is 0 Å². The Bertz CT molecular complexity index is 545. The molecule has 0 fully saturated rings. The summed E-state index contributed by atoms with van der Waals surface area (Å²) >= 11 is 0. The molecule has 0 aromatic heterocycles. The van der Waals surface area contributed by atoms with Gasteiger partial charge in [-0.2, -0.15) is 0 Å². The van der Waals surface area contributed by atoms with Crippen LogP contribution < -0.4 is 4.72 Å². The maximum absolute atomic E-state index is 13.8. The summed E-state index contributed by atoms with van der Waals surface area (Å²) in [4.78, 5) is -0.384. The van der Waals surface area contributed by atoms with Crippen LogP contribution in [0.15, 0.2) is 23.1 Å². The zero-order chi connectivity index (χ0) is 15.3. The van der Waals surface area contributed by atoms with Crippen molar-refractivity contribution < 1.29 is 17.9 Å². The van der Waals surface area contributed by atoms with E-state index in [9.17, 15) is 12.8 Å². The van der Waals surface area contributed by atoms with Gasteiger partial charge in [-0.3, -0.25) is 0 Å². The summed E-state index contributed by atoms with van der Waals surface area (Å²) in [6.45, 7) is 5.53. The molecular weight excluding hydrogens is 281 g/mol. The van der Waals surface area contributed by atoms with Crippen molar-refractivity contribution in [1.82, 2.24) is 4.72 Å². The Hall–Kier alpha value is -0.980. The van der Waals surface area contributed by atoms with E-state index in [0.29, 0.717) is 17.9 Å². The van der Waals surface area contributed by atoms with Crippen LogP contribution in [0, 0.1) is 11.7 Å². The zero-order valence-corrected chi connectivity index (χ0v) is 12.9. The first-order valence-corrected chi connectivity index (χ1v) is 8.20. The predicted molar refractivity (Wildman–Crippen MR) is 76.2 cm³/mol. The minimum Gasteiger partial charge on any atom is -0.392 e. The lowest BCUT2D eigenvalue weighted by atomic mass is 10.0. The van der Waals surface area contributed by atoms with E-state index in [1.807, 2.05) is 13.8 Å². The molecule has 0 radical (unpaired) electrons. The summed E-state index contributed by atoms with van der Waals surface area (Å²) in [6, 6.07) is 3.36. The second-order valence-corrected chi connectivity index (χ2v) is 6.88. The van der Waals surface area contributed by atoms with Crippen molar-refractivity contribution in [2.24, 2.45) is 5.92 Å². The summed E-state index contributed by atoms with van der Waals surface area (Å²) in [7, 11) is -3.88. The third-order valence-corrected chi connectivity index (χ3v) is 4.90. The van der Waals surface area contributed by atoms with Gasteiger partial charge in [0, 0.05) is 6.04 Å². The van der Waals surface area contributed by atoms with Gasteiger partial charge in [-0.25, -0.2) is 17.5 Å². The maximum Gasteiger partial charge on any atom is 0.243 e. The number of benzene rings is 1. The summed E-state index contributed by atoms with van der Waals surface area (Å²) < 4.78 is 40.5. The number of halogens is 1. The first-order valence-electron chi connectivity index (χ1n) is 6.71. The topological polar surface area (TPSA) is 66.4 Å². The Labute approximate surface area is 120 Å². The van der Waals surface area contributed by atoms with Crippen LogP contribution in [-0.4, -0.2) is 19.6 Å². The maximum atomic E-state index is 13.8. The third-order valence-electron chi connectivity index (χ3n) is 3.28. The molecule has 4 nitrogen and oxygen atoms in total. The van der Waals surface area contributed by atoms with Crippen LogP contribution >= 0.6 is 0 Å². The van der Waals surface area contributed by atoms with Gasteiger partial charge in [-0.15, -0.1) is 0 Å². The van der Waals surface area contributed by atoms with Crippen LogP contribution in [0.1, 0.15) is 39.2 Å². The van der Waals surface area contributed by atoms with Gasteiger partial charge in [0.15, 0.2) is 0 Å². The largest absolute Gasteiger partial charge is 0.392 e. The standard InChI is InChI=1S/C14H22FNO3S/c1-4-10(2)7-11(3)16-20(18,19)14-6-5-12(9-17)8-13(14)15/h5-6,8,10-11,16-17H,4,7,9H2,1-3H3. The lowest BCUT2D eigenvalue weighted by molar-refractivity contribution is 0.281. The van der Waals surface area contributed by atoms with Gasteiger partial charge in [-0.05, 0) is 37.0 Å². The van der Waals surface area contributed by atoms with Gasteiger partial charge in [0.05, 0.1) is 6.61 Å². The molecule has 2 N–H and O–H groups in total. The van der Waals surface area contributed by atoms with Crippen molar-refractivity contribution in [3.05, 3.63) is 29.6 Å². The van der Waals surface area contributed by atoms with Gasteiger partial charge in [0.1, 0.15) is 10.7 Å². The summed E-state index contributed by atoms with van der Waals surface area (Å²) in [5.74, 6) is -0.450. The lowest BCUT2D eigenvalue weighted by Gasteiger charge is -2.18.